The number of hydrogen-bond acceptors (Lipinski definition) is 4. The maximum Gasteiger partial charge on any atom is 0.492 e. The fraction of sp³-hybridized carbons (Fsp3) is 0.625. The maximum atomic E-state index is 12.3. The first kappa shape index (κ1) is 24.5. The average molecular weight is 415 g/mol. The lowest BCUT2D eigenvalue weighted by molar-refractivity contribution is 0.00578. The molecule has 1 heterocycles. The average Bonchev–Trinajstić information content (AvgIpc) is 2.78. The first-order valence-corrected chi connectivity index (χ1v) is 10.6. The van der Waals surface area contributed by atoms with E-state index in [9.17, 15) is 4.79 Å². The second-order valence-corrected chi connectivity index (χ2v) is 10.3. The van der Waals surface area contributed by atoms with Gasteiger partial charge in [0.1, 0.15) is 5.60 Å². The Labute approximate surface area is 182 Å². The molecule has 30 heavy (non-hydrogen) atoms. The highest BCUT2D eigenvalue weighted by molar-refractivity contribution is 6.56. The number of benzene rings is 1. The number of carbonyl (C=O) groups is 1. The van der Waals surface area contributed by atoms with Crippen molar-refractivity contribution in [3.63, 3.8) is 0 Å². The second-order valence-electron chi connectivity index (χ2n) is 10.3. The number of nitrogens with one attached hydrogen (secondary N) is 1. The van der Waals surface area contributed by atoms with Crippen molar-refractivity contribution in [1.29, 1.82) is 0 Å². The van der Waals surface area contributed by atoms with E-state index in [1.807, 2.05) is 48.5 Å². The number of aryl methyl sites for hydroxylation is 2. The zero-order valence-corrected chi connectivity index (χ0v) is 20.6. The highest BCUT2D eigenvalue weighted by Gasteiger charge is 2.52. The van der Waals surface area contributed by atoms with Crippen LogP contribution in [0, 0.1) is 27.7 Å². The molecule has 5 nitrogen and oxygen atoms in total. The van der Waals surface area contributed by atoms with Crippen LogP contribution in [-0.2, 0) is 14.0 Å². The third kappa shape index (κ3) is 5.47. The van der Waals surface area contributed by atoms with Crippen molar-refractivity contribution in [3.8, 4) is 0 Å². The van der Waals surface area contributed by atoms with Gasteiger partial charge in [-0.1, -0.05) is 12.1 Å². The highest BCUT2D eigenvalue weighted by Crippen LogP contribution is 2.39. The molecule has 2 rings (SSSR count). The van der Waals surface area contributed by atoms with Crippen LogP contribution in [0.1, 0.15) is 76.3 Å². The third-order valence-corrected chi connectivity index (χ3v) is 6.15. The van der Waals surface area contributed by atoms with Gasteiger partial charge in [-0.3, -0.25) is 0 Å². The van der Waals surface area contributed by atoms with Gasteiger partial charge in [0, 0.05) is 6.54 Å². The summed E-state index contributed by atoms with van der Waals surface area (Å²) < 4.78 is 18.0. The molecule has 1 N–H and O–H groups in total. The lowest BCUT2D eigenvalue weighted by atomic mass is 9.76. The first-order valence-electron chi connectivity index (χ1n) is 10.6. The quantitative estimate of drug-likeness (QED) is 0.664. The van der Waals surface area contributed by atoms with Gasteiger partial charge in [0.2, 0.25) is 0 Å². The van der Waals surface area contributed by atoms with E-state index in [4.69, 9.17) is 14.0 Å². The molecule has 166 valence electrons. The number of carbonyl (C=O) groups excluding carboxylic acids is 1. The Morgan fingerprint density at radius 1 is 1.03 bits per heavy atom. The molecule has 1 aromatic rings. The fourth-order valence-corrected chi connectivity index (χ4v) is 3.33. The molecule has 0 bridgehead atoms. The van der Waals surface area contributed by atoms with Crippen LogP contribution >= 0.6 is 0 Å². The largest absolute Gasteiger partial charge is 0.492 e. The molecular formula is C24H38BNO4. The monoisotopic (exact) mass is 415 g/mol. The molecule has 1 saturated heterocycles. The molecule has 1 amide bonds. The van der Waals surface area contributed by atoms with Gasteiger partial charge in [-0.2, -0.15) is 0 Å². The van der Waals surface area contributed by atoms with Crippen molar-refractivity contribution in [2.24, 2.45) is 0 Å². The number of ether oxygens (including phenoxy) is 1. The minimum Gasteiger partial charge on any atom is -0.444 e. The van der Waals surface area contributed by atoms with E-state index in [0.29, 0.717) is 0 Å². The van der Waals surface area contributed by atoms with E-state index in [1.54, 1.807) is 0 Å². The van der Waals surface area contributed by atoms with Crippen LogP contribution in [0.5, 0.6) is 0 Å². The minimum absolute atomic E-state index is 0.275. The van der Waals surface area contributed by atoms with Crippen molar-refractivity contribution in [2.45, 2.75) is 93.0 Å². The molecule has 1 aliphatic heterocycles. The van der Waals surface area contributed by atoms with Gasteiger partial charge in [0.05, 0.1) is 11.2 Å². The molecule has 0 unspecified atom stereocenters. The molecule has 0 saturated carbocycles. The Bertz CT molecular complexity index is 807. The summed E-state index contributed by atoms with van der Waals surface area (Å²) in [6, 6.07) is 2.20. The van der Waals surface area contributed by atoms with Crippen LogP contribution in [0.4, 0.5) is 4.79 Å². The fourth-order valence-electron chi connectivity index (χ4n) is 3.33. The lowest BCUT2D eigenvalue weighted by Gasteiger charge is -2.32. The molecule has 0 atom stereocenters. The molecule has 0 aromatic heterocycles. The SMILES string of the molecule is Cc1cc(C)c(C)c(C=C(CNC(=O)OC(C)(C)C)B2OC(C)(C)C(C)(C)O2)c1C. The highest BCUT2D eigenvalue weighted by atomic mass is 16.7. The zero-order valence-electron chi connectivity index (χ0n) is 20.6. The Kier molecular flexibility index (Phi) is 6.85. The Balaban J connectivity index is 2.43. The van der Waals surface area contributed by atoms with Gasteiger partial charge < -0.3 is 19.4 Å². The number of amides is 1. The zero-order chi connectivity index (χ0) is 23.1. The van der Waals surface area contributed by atoms with Crippen LogP contribution in [0.15, 0.2) is 11.5 Å². The molecule has 1 fully saturated rings. The third-order valence-electron chi connectivity index (χ3n) is 6.15. The van der Waals surface area contributed by atoms with E-state index < -0.39 is 30.0 Å². The summed E-state index contributed by atoms with van der Waals surface area (Å²) in [5.74, 6) is 0. The van der Waals surface area contributed by atoms with Crippen LogP contribution < -0.4 is 5.32 Å². The van der Waals surface area contributed by atoms with Gasteiger partial charge in [-0.15, -0.1) is 0 Å². The Morgan fingerprint density at radius 3 is 1.93 bits per heavy atom. The normalized spacial score (nSPS) is 18.5. The minimum atomic E-state index is -0.556. The summed E-state index contributed by atoms with van der Waals surface area (Å²) in [6.45, 7) is 22.4. The number of rotatable bonds is 4. The van der Waals surface area contributed by atoms with Crippen LogP contribution in [0.3, 0.4) is 0 Å². The molecule has 0 aliphatic carbocycles. The molecule has 0 spiro atoms. The molecular weight excluding hydrogens is 377 g/mol. The topological polar surface area (TPSA) is 56.8 Å². The van der Waals surface area contributed by atoms with Gasteiger partial charge in [-0.25, -0.2) is 4.79 Å². The molecule has 6 heteroatoms. The smallest absolute Gasteiger partial charge is 0.444 e. The number of alkyl carbamates (subject to hydrolysis) is 1. The van der Waals surface area contributed by atoms with Gasteiger partial charge >= 0.3 is 13.2 Å². The summed E-state index contributed by atoms with van der Waals surface area (Å²) in [5.41, 5.74) is 5.41. The molecule has 0 radical (unpaired) electrons. The van der Waals surface area contributed by atoms with E-state index in [-0.39, 0.29) is 6.54 Å². The van der Waals surface area contributed by atoms with Crippen molar-refractivity contribution < 1.29 is 18.8 Å². The number of hydrogen-bond donors (Lipinski definition) is 1. The van der Waals surface area contributed by atoms with Crippen LogP contribution in [-0.4, -0.2) is 36.6 Å². The summed E-state index contributed by atoms with van der Waals surface area (Å²) in [6.07, 6.45) is 1.64. The lowest BCUT2D eigenvalue weighted by Crippen LogP contribution is -2.41. The summed E-state index contributed by atoms with van der Waals surface area (Å²) >= 11 is 0. The Hall–Kier alpha value is -1.79. The summed E-state index contributed by atoms with van der Waals surface area (Å²) in [4.78, 5) is 12.3. The predicted molar refractivity (Wildman–Crippen MR) is 124 cm³/mol. The van der Waals surface area contributed by atoms with Crippen LogP contribution in [0.25, 0.3) is 6.08 Å². The van der Waals surface area contributed by atoms with E-state index in [2.05, 4.69) is 45.2 Å². The molecule has 1 aliphatic rings. The van der Waals surface area contributed by atoms with Crippen molar-refractivity contribution in [2.75, 3.05) is 6.54 Å². The summed E-state index contributed by atoms with van der Waals surface area (Å²) in [7, 11) is -0.551. The second kappa shape index (κ2) is 8.39. The van der Waals surface area contributed by atoms with Crippen LogP contribution in [0.2, 0.25) is 0 Å². The van der Waals surface area contributed by atoms with Crippen molar-refractivity contribution >= 4 is 19.3 Å². The van der Waals surface area contributed by atoms with Gasteiger partial charge in [0.25, 0.3) is 0 Å². The predicted octanol–water partition coefficient (Wildman–Crippen LogP) is 5.46. The van der Waals surface area contributed by atoms with E-state index >= 15 is 0 Å². The van der Waals surface area contributed by atoms with E-state index in [0.717, 1.165) is 11.0 Å². The molecule has 1 aromatic carbocycles. The van der Waals surface area contributed by atoms with Crippen molar-refractivity contribution in [3.05, 3.63) is 39.4 Å². The first-order chi connectivity index (χ1) is 13.5. The van der Waals surface area contributed by atoms with E-state index in [1.165, 1.54) is 22.3 Å². The maximum absolute atomic E-state index is 12.3. The van der Waals surface area contributed by atoms with Gasteiger partial charge in [0.15, 0.2) is 0 Å². The summed E-state index contributed by atoms with van der Waals surface area (Å²) in [5, 5.41) is 2.87. The Morgan fingerprint density at radius 2 is 1.50 bits per heavy atom. The van der Waals surface area contributed by atoms with Crippen molar-refractivity contribution in [1.82, 2.24) is 5.32 Å². The standard InChI is InChI=1S/C24H38BNO4/c1-15-12-16(2)18(4)20(17(15)3)13-19(14-26-21(27)28-22(5,6)7)25-29-23(8,9)24(10,11)30-25/h12-13H,14H2,1-11H3,(H,26,27). The van der Waals surface area contributed by atoms with Gasteiger partial charge in [-0.05, 0) is 109 Å².